The van der Waals surface area contributed by atoms with Gasteiger partial charge in [-0.05, 0) is 30.3 Å². The predicted molar refractivity (Wildman–Crippen MR) is 97.6 cm³/mol. The quantitative estimate of drug-likeness (QED) is 0.768. The van der Waals surface area contributed by atoms with Crippen molar-refractivity contribution >= 4 is 50.3 Å². The van der Waals surface area contributed by atoms with Crippen LogP contribution in [-0.2, 0) is 4.84 Å². The van der Waals surface area contributed by atoms with Gasteiger partial charge < -0.3 is 15.3 Å². The van der Waals surface area contributed by atoms with Crippen LogP contribution in [0.25, 0.3) is 0 Å². The molecule has 0 saturated carbocycles. The minimum absolute atomic E-state index is 0.100. The lowest BCUT2D eigenvalue weighted by Gasteiger charge is -2.19. The minimum atomic E-state index is -0.436. The Morgan fingerprint density at radius 1 is 1.33 bits per heavy atom. The number of aliphatic hydroxyl groups is 1. The van der Waals surface area contributed by atoms with Gasteiger partial charge in [0.05, 0.1) is 35.3 Å². The average molecular weight is 417 g/mol. The van der Waals surface area contributed by atoms with E-state index < -0.39 is 5.82 Å². The lowest BCUT2D eigenvalue weighted by Crippen LogP contribution is -2.29. The van der Waals surface area contributed by atoms with Crippen LogP contribution in [-0.4, -0.2) is 32.0 Å². The van der Waals surface area contributed by atoms with Crippen molar-refractivity contribution in [2.45, 2.75) is 0 Å². The van der Waals surface area contributed by atoms with Crippen molar-refractivity contribution in [3.8, 4) is 0 Å². The highest BCUT2D eigenvalue weighted by Crippen LogP contribution is 2.41. The SMILES string of the molecule is CN1CN(OCCO)c2c1ccc(Nc1ccc(Br)cc1Cl)c2F. The fraction of sp³-hybridized carbons (Fsp3) is 0.250. The molecule has 0 spiro atoms. The molecule has 128 valence electrons. The summed E-state index contributed by atoms with van der Waals surface area (Å²) in [7, 11) is 1.85. The second-order valence-corrected chi connectivity index (χ2v) is 6.64. The van der Waals surface area contributed by atoms with E-state index >= 15 is 0 Å². The largest absolute Gasteiger partial charge is 0.394 e. The lowest BCUT2D eigenvalue weighted by atomic mass is 10.2. The summed E-state index contributed by atoms with van der Waals surface area (Å²) in [6.07, 6.45) is 0. The van der Waals surface area contributed by atoms with E-state index in [1.807, 2.05) is 24.1 Å². The molecular formula is C16H16BrClFN3O2. The number of halogens is 3. The van der Waals surface area contributed by atoms with Crippen molar-refractivity contribution in [1.82, 2.24) is 0 Å². The maximum atomic E-state index is 15.0. The van der Waals surface area contributed by atoms with Gasteiger partial charge in [0.1, 0.15) is 12.4 Å². The van der Waals surface area contributed by atoms with Gasteiger partial charge in [0, 0.05) is 11.5 Å². The number of aliphatic hydroxyl groups excluding tert-OH is 1. The van der Waals surface area contributed by atoms with Gasteiger partial charge in [0.2, 0.25) is 0 Å². The number of nitrogens with zero attached hydrogens (tertiary/aromatic N) is 2. The van der Waals surface area contributed by atoms with E-state index in [1.54, 1.807) is 18.2 Å². The van der Waals surface area contributed by atoms with Gasteiger partial charge in [0.15, 0.2) is 5.82 Å². The molecule has 3 rings (SSSR count). The van der Waals surface area contributed by atoms with E-state index in [9.17, 15) is 4.39 Å². The average Bonchev–Trinajstić information content (AvgIpc) is 2.87. The van der Waals surface area contributed by atoms with Crippen molar-refractivity contribution < 1.29 is 14.3 Å². The summed E-state index contributed by atoms with van der Waals surface area (Å²) in [5.74, 6) is -0.436. The Hall–Kier alpha value is -1.54. The first-order chi connectivity index (χ1) is 11.5. The summed E-state index contributed by atoms with van der Waals surface area (Å²) in [6.45, 7) is 0.348. The zero-order valence-electron chi connectivity index (χ0n) is 12.9. The zero-order valence-corrected chi connectivity index (χ0v) is 15.2. The fourth-order valence-electron chi connectivity index (χ4n) is 2.53. The topological polar surface area (TPSA) is 48.0 Å². The first kappa shape index (κ1) is 17.3. The summed E-state index contributed by atoms with van der Waals surface area (Å²) < 4.78 is 15.8. The third kappa shape index (κ3) is 3.30. The van der Waals surface area contributed by atoms with Crippen molar-refractivity contribution in [2.75, 3.05) is 42.2 Å². The van der Waals surface area contributed by atoms with Gasteiger partial charge in [-0.2, -0.15) is 0 Å². The summed E-state index contributed by atoms with van der Waals surface area (Å²) in [6, 6.07) is 8.81. The summed E-state index contributed by atoms with van der Waals surface area (Å²) in [5, 5.41) is 13.9. The Balaban J connectivity index is 1.93. The van der Waals surface area contributed by atoms with Gasteiger partial charge in [-0.15, -0.1) is 0 Å². The number of anilines is 4. The van der Waals surface area contributed by atoms with Crippen LogP contribution in [0.4, 0.5) is 27.1 Å². The molecule has 24 heavy (non-hydrogen) atoms. The predicted octanol–water partition coefficient (Wildman–Crippen LogP) is 4.12. The van der Waals surface area contributed by atoms with Gasteiger partial charge in [-0.3, -0.25) is 4.84 Å². The Morgan fingerprint density at radius 2 is 2.08 bits per heavy atom. The van der Waals surface area contributed by atoms with Crippen molar-refractivity contribution in [3.05, 3.63) is 45.6 Å². The van der Waals surface area contributed by atoms with Crippen LogP contribution in [0, 0.1) is 5.82 Å². The molecule has 0 aliphatic carbocycles. The molecule has 1 heterocycles. The number of benzene rings is 2. The molecule has 0 saturated heterocycles. The molecule has 0 atom stereocenters. The molecule has 1 aliphatic rings. The molecule has 0 bridgehead atoms. The molecule has 0 aromatic heterocycles. The highest BCUT2D eigenvalue weighted by Gasteiger charge is 2.29. The summed E-state index contributed by atoms with van der Waals surface area (Å²) in [4.78, 5) is 7.28. The molecule has 2 aromatic rings. The van der Waals surface area contributed by atoms with Crippen LogP contribution in [0.1, 0.15) is 0 Å². The first-order valence-corrected chi connectivity index (χ1v) is 8.45. The van der Waals surface area contributed by atoms with Gasteiger partial charge in [-0.1, -0.05) is 27.5 Å². The summed E-state index contributed by atoms with van der Waals surface area (Å²) in [5.41, 5.74) is 1.96. The molecule has 0 fully saturated rings. The highest BCUT2D eigenvalue weighted by molar-refractivity contribution is 9.10. The van der Waals surface area contributed by atoms with E-state index in [0.717, 1.165) is 10.2 Å². The second-order valence-electron chi connectivity index (χ2n) is 5.32. The number of hydrogen-bond donors (Lipinski definition) is 2. The third-order valence-corrected chi connectivity index (χ3v) is 4.44. The van der Waals surface area contributed by atoms with Crippen LogP contribution < -0.4 is 15.3 Å². The molecule has 2 N–H and O–H groups in total. The molecule has 0 radical (unpaired) electrons. The van der Waals surface area contributed by atoms with Crippen LogP contribution in [0.15, 0.2) is 34.8 Å². The van der Waals surface area contributed by atoms with Gasteiger partial charge in [0.25, 0.3) is 0 Å². The standard InChI is InChI=1S/C16H16BrClFN3O2/c1-21-9-22(24-7-6-23)16-14(21)5-4-13(15(16)19)20-12-3-2-10(17)8-11(12)18/h2-5,8,20,23H,6-7,9H2,1H3. The Bertz CT molecular complexity index is 762. The fourth-order valence-corrected chi connectivity index (χ4v) is 3.25. The number of nitrogens with one attached hydrogen (secondary N) is 1. The molecule has 8 heteroatoms. The van der Waals surface area contributed by atoms with Crippen molar-refractivity contribution in [1.29, 1.82) is 0 Å². The molecule has 5 nitrogen and oxygen atoms in total. The van der Waals surface area contributed by atoms with E-state index in [1.165, 1.54) is 5.06 Å². The lowest BCUT2D eigenvalue weighted by molar-refractivity contribution is 0.0753. The number of hydroxylamine groups is 1. The first-order valence-electron chi connectivity index (χ1n) is 7.28. The van der Waals surface area contributed by atoms with Crippen LogP contribution in [0.3, 0.4) is 0 Å². The van der Waals surface area contributed by atoms with Gasteiger partial charge in [-0.25, -0.2) is 9.45 Å². The van der Waals surface area contributed by atoms with Crippen LogP contribution in [0.2, 0.25) is 5.02 Å². The van der Waals surface area contributed by atoms with E-state index in [4.69, 9.17) is 21.5 Å². The van der Waals surface area contributed by atoms with Gasteiger partial charge >= 0.3 is 0 Å². The molecule has 2 aromatic carbocycles. The third-order valence-electron chi connectivity index (χ3n) is 3.63. The number of fused-ring (bicyclic) bond motifs is 1. The summed E-state index contributed by atoms with van der Waals surface area (Å²) >= 11 is 9.52. The molecule has 0 amide bonds. The molecule has 1 aliphatic heterocycles. The molecule has 0 unspecified atom stereocenters. The molecular weight excluding hydrogens is 401 g/mol. The number of rotatable bonds is 5. The Labute approximate surface area is 152 Å². The minimum Gasteiger partial charge on any atom is -0.394 e. The van der Waals surface area contributed by atoms with E-state index in [-0.39, 0.29) is 13.2 Å². The van der Waals surface area contributed by atoms with E-state index in [2.05, 4.69) is 21.2 Å². The normalized spacial score (nSPS) is 13.4. The maximum absolute atomic E-state index is 15.0. The Morgan fingerprint density at radius 3 is 2.79 bits per heavy atom. The van der Waals surface area contributed by atoms with Crippen molar-refractivity contribution in [3.63, 3.8) is 0 Å². The van der Waals surface area contributed by atoms with Crippen LogP contribution in [0.5, 0.6) is 0 Å². The Kier molecular flexibility index (Phi) is 5.15. The second kappa shape index (κ2) is 7.14. The number of hydrogen-bond acceptors (Lipinski definition) is 5. The highest BCUT2D eigenvalue weighted by atomic mass is 79.9. The monoisotopic (exact) mass is 415 g/mol. The smallest absolute Gasteiger partial charge is 0.174 e. The zero-order chi connectivity index (χ0) is 17.3. The van der Waals surface area contributed by atoms with Crippen molar-refractivity contribution in [2.24, 2.45) is 0 Å². The van der Waals surface area contributed by atoms with Crippen LogP contribution >= 0.6 is 27.5 Å². The van der Waals surface area contributed by atoms with E-state index in [0.29, 0.717) is 28.8 Å². The maximum Gasteiger partial charge on any atom is 0.174 e.